The highest BCUT2D eigenvalue weighted by Gasteiger charge is 2.33. The fraction of sp³-hybridized carbons (Fsp3) is 1.00. The van der Waals surface area contributed by atoms with E-state index >= 15 is 0 Å². The Bertz CT molecular complexity index is 202. The Kier molecular flexibility index (Phi) is 3.65. The zero-order valence-corrected chi connectivity index (χ0v) is 9.49. The van der Waals surface area contributed by atoms with Crippen LogP contribution < -0.4 is 0 Å². The Morgan fingerprint density at radius 3 is 2.53 bits per heavy atom. The van der Waals surface area contributed by atoms with E-state index in [-0.39, 0.29) is 0 Å². The lowest BCUT2D eigenvalue weighted by atomic mass is 9.84. The zero-order valence-electron chi connectivity index (χ0n) is 9.49. The Balaban J connectivity index is 1.80. The molecule has 1 aliphatic heterocycles. The largest absolute Gasteiger partial charge is 0.396 e. The first-order valence-corrected chi connectivity index (χ1v) is 6.27. The molecule has 0 aromatic heterocycles. The number of β-amino-alcohol motifs (C(OH)–C–C–N with tert-alkyl or cyclic N) is 1. The molecule has 2 N–H and O–H groups in total. The van der Waals surface area contributed by atoms with Crippen LogP contribution in [-0.2, 0) is 0 Å². The summed E-state index contributed by atoms with van der Waals surface area (Å²) in [6, 6.07) is 0. The highest BCUT2D eigenvalue weighted by Crippen LogP contribution is 2.30. The number of hydrogen-bond donors (Lipinski definition) is 2. The van der Waals surface area contributed by atoms with Gasteiger partial charge in [0.2, 0.25) is 0 Å². The van der Waals surface area contributed by atoms with Gasteiger partial charge >= 0.3 is 0 Å². The Hall–Kier alpha value is -0.120. The summed E-state index contributed by atoms with van der Waals surface area (Å²) in [6.07, 6.45) is 6.65. The molecule has 2 aliphatic rings. The summed E-state index contributed by atoms with van der Waals surface area (Å²) in [5.41, 5.74) is -0.428. The monoisotopic (exact) mass is 213 g/mol. The first kappa shape index (κ1) is 11.4. The minimum atomic E-state index is -0.428. The number of hydrogen-bond acceptors (Lipinski definition) is 3. The molecule has 1 atom stereocenters. The molecule has 0 aromatic carbocycles. The molecule has 2 rings (SSSR count). The van der Waals surface area contributed by atoms with Gasteiger partial charge in [0.15, 0.2) is 0 Å². The minimum Gasteiger partial charge on any atom is -0.396 e. The fourth-order valence-corrected chi connectivity index (χ4v) is 2.99. The van der Waals surface area contributed by atoms with Crippen molar-refractivity contribution in [1.82, 2.24) is 4.90 Å². The van der Waals surface area contributed by atoms with Crippen molar-refractivity contribution in [2.45, 2.75) is 44.1 Å². The van der Waals surface area contributed by atoms with Crippen molar-refractivity contribution < 1.29 is 10.2 Å². The molecule has 3 nitrogen and oxygen atoms in total. The summed E-state index contributed by atoms with van der Waals surface area (Å²) in [5, 5.41) is 19.5. The van der Waals surface area contributed by atoms with E-state index < -0.39 is 5.60 Å². The molecule has 1 heterocycles. The summed E-state index contributed by atoms with van der Waals surface area (Å²) in [6.45, 7) is 3.14. The van der Waals surface area contributed by atoms with E-state index in [2.05, 4.69) is 4.90 Å². The van der Waals surface area contributed by atoms with Gasteiger partial charge in [0.05, 0.1) is 5.60 Å². The third-order valence-corrected chi connectivity index (χ3v) is 3.93. The molecule has 0 spiro atoms. The van der Waals surface area contributed by atoms with Gasteiger partial charge in [-0.25, -0.2) is 0 Å². The average molecular weight is 213 g/mol. The molecule has 2 fully saturated rings. The lowest BCUT2D eigenvalue weighted by Gasteiger charge is -2.35. The van der Waals surface area contributed by atoms with Crippen LogP contribution in [0.4, 0.5) is 0 Å². The molecule has 0 bridgehead atoms. The lowest BCUT2D eigenvalue weighted by Crippen LogP contribution is -2.43. The average Bonchev–Trinajstić information content (AvgIpc) is 2.66. The summed E-state index contributed by atoms with van der Waals surface area (Å²) >= 11 is 0. The molecule has 1 aliphatic carbocycles. The van der Waals surface area contributed by atoms with Crippen molar-refractivity contribution in [3.8, 4) is 0 Å². The van der Waals surface area contributed by atoms with Crippen LogP contribution in [0.25, 0.3) is 0 Å². The van der Waals surface area contributed by atoms with E-state index in [4.69, 9.17) is 5.11 Å². The Morgan fingerprint density at radius 1 is 1.20 bits per heavy atom. The predicted molar refractivity (Wildman–Crippen MR) is 59.7 cm³/mol. The summed E-state index contributed by atoms with van der Waals surface area (Å²) < 4.78 is 0. The van der Waals surface area contributed by atoms with Gasteiger partial charge in [-0.3, -0.25) is 0 Å². The summed E-state index contributed by atoms with van der Waals surface area (Å²) in [5.74, 6) is 0.442. The fourth-order valence-electron chi connectivity index (χ4n) is 2.99. The predicted octanol–water partition coefficient (Wildman–Crippen LogP) is 0.996. The summed E-state index contributed by atoms with van der Waals surface area (Å²) in [4.78, 5) is 2.33. The third kappa shape index (κ3) is 2.92. The minimum absolute atomic E-state index is 0.301. The van der Waals surface area contributed by atoms with E-state index in [9.17, 15) is 5.11 Å². The second-order valence-corrected chi connectivity index (χ2v) is 5.36. The van der Waals surface area contributed by atoms with Crippen molar-refractivity contribution in [3.05, 3.63) is 0 Å². The SMILES string of the molecule is OCC1CCN(CC2(O)CCCCC2)C1. The van der Waals surface area contributed by atoms with Crippen molar-refractivity contribution in [2.24, 2.45) is 5.92 Å². The van der Waals surface area contributed by atoms with Crippen molar-refractivity contribution in [2.75, 3.05) is 26.2 Å². The smallest absolute Gasteiger partial charge is 0.0774 e. The molecule has 3 heteroatoms. The quantitative estimate of drug-likeness (QED) is 0.735. The normalized spacial score (nSPS) is 32.0. The standard InChI is InChI=1S/C12H23NO2/c14-9-11-4-7-13(8-11)10-12(15)5-2-1-3-6-12/h11,14-15H,1-10H2. The maximum absolute atomic E-state index is 10.4. The van der Waals surface area contributed by atoms with Crippen LogP contribution >= 0.6 is 0 Å². The molecule has 1 saturated carbocycles. The van der Waals surface area contributed by atoms with Crippen LogP contribution in [0.1, 0.15) is 38.5 Å². The number of aliphatic hydroxyl groups excluding tert-OH is 1. The third-order valence-electron chi connectivity index (χ3n) is 3.93. The van der Waals surface area contributed by atoms with Crippen LogP contribution in [0, 0.1) is 5.92 Å². The van der Waals surface area contributed by atoms with Gasteiger partial charge in [0.1, 0.15) is 0 Å². The van der Waals surface area contributed by atoms with Gasteiger partial charge in [-0.05, 0) is 31.7 Å². The molecular formula is C12H23NO2. The van der Waals surface area contributed by atoms with E-state index in [1.807, 2.05) is 0 Å². The molecular weight excluding hydrogens is 190 g/mol. The maximum atomic E-state index is 10.4. The first-order chi connectivity index (χ1) is 7.22. The number of likely N-dealkylation sites (tertiary alicyclic amines) is 1. The van der Waals surface area contributed by atoms with Crippen LogP contribution in [-0.4, -0.2) is 47.0 Å². The topological polar surface area (TPSA) is 43.7 Å². The molecule has 1 saturated heterocycles. The zero-order chi connectivity index (χ0) is 10.7. The molecule has 0 aromatic rings. The van der Waals surface area contributed by atoms with Crippen LogP contribution in [0.2, 0.25) is 0 Å². The Labute approximate surface area is 92.1 Å². The molecule has 88 valence electrons. The highest BCUT2D eigenvalue weighted by molar-refractivity contribution is 4.88. The van der Waals surface area contributed by atoms with Gasteiger partial charge in [0, 0.05) is 19.7 Å². The van der Waals surface area contributed by atoms with Crippen molar-refractivity contribution in [1.29, 1.82) is 0 Å². The molecule has 1 unspecified atom stereocenters. The van der Waals surface area contributed by atoms with Crippen LogP contribution in [0.15, 0.2) is 0 Å². The maximum Gasteiger partial charge on any atom is 0.0774 e. The van der Waals surface area contributed by atoms with E-state index in [1.165, 1.54) is 19.3 Å². The lowest BCUT2D eigenvalue weighted by molar-refractivity contribution is -0.0224. The number of aliphatic hydroxyl groups is 2. The first-order valence-electron chi connectivity index (χ1n) is 6.27. The van der Waals surface area contributed by atoms with Gasteiger partial charge in [0.25, 0.3) is 0 Å². The summed E-state index contributed by atoms with van der Waals surface area (Å²) in [7, 11) is 0. The van der Waals surface area contributed by atoms with E-state index in [1.54, 1.807) is 0 Å². The van der Waals surface area contributed by atoms with Gasteiger partial charge in [-0.2, -0.15) is 0 Å². The molecule has 15 heavy (non-hydrogen) atoms. The van der Waals surface area contributed by atoms with Crippen molar-refractivity contribution >= 4 is 0 Å². The molecule has 0 radical (unpaired) electrons. The number of nitrogens with zero attached hydrogens (tertiary/aromatic N) is 1. The second-order valence-electron chi connectivity index (χ2n) is 5.36. The van der Waals surface area contributed by atoms with Gasteiger partial charge in [-0.1, -0.05) is 19.3 Å². The van der Waals surface area contributed by atoms with E-state index in [0.717, 1.165) is 38.9 Å². The molecule has 0 amide bonds. The van der Waals surface area contributed by atoms with E-state index in [0.29, 0.717) is 12.5 Å². The van der Waals surface area contributed by atoms with Crippen molar-refractivity contribution in [3.63, 3.8) is 0 Å². The highest BCUT2D eigenvalue weighted by atomic mass is 16.3. The van der Waals surface area contributed by atoms with Gasteiger partial charge in [-0.15, -0.1) is 0 Å². The second kappa shape index (κ2) is 4.81. The Morgan fingerprint density at radius 2 is 1.93 bits per heavy atom. The van der Waals surface area contributed by atoms with Gasteiger partial charge < -0.3 is 15.1 Å². The van der Waals surface area contributed by atoms with Crippen LogP contribution in [0.3, 0.4) is 0 Å². The van der Waals surface area contributed by atoms with Crippen LogP contribution in [0.5, 0.6) is 0 Å². The number of rotatable bonds is 3.